The second-order valence-corrected chi connectivity index (χ2v) is 9.37. The summed E-state index contributed by atoms with van der Waals surface area (Å²) < 4.78 is 0. The Bertz CT molecular complexity index is 838. The molecule has 32 heavy (non-hydrogen) atoms. The zero-order valence-corrected chi connectivity index (χ0v) is 19.4. The Hall–Kier alpha value is -2.42. The van der Waals surface area contributed by atoms with Crippen molar-refractivity contribution < 1.29 is 0 Å². The predicted molar refractivity (Wildman–Crippen MR) is 136 cm³/mol. The summed E-state index contributed by atoms with van der Waals surface area (Å²) in [5.74, 6) is 1.62. The molecule has 3 aromatic carbocycles. The molecule has 0 aromatic heterocycles. The number of likely N-dealkylation sites (tertiary alicyclic amines) is 2. The standard InChI is InChI=1S/C24H32N2.C6H6/c1-3-8-21(9-4-1)18-26-16-13-22(20-26)19-25-15-7-12-24(14-17-25)23-10-5-2-6-11-23;1-2-4-6-5-3-1/h1-6,8-11,22,24H,7,12-20H2;1-6H/t22-,24?;/m0./s1. The van der Waals surface area contributed by atoms with Crippen LogP contribution in [-0.4, -0.2) is 42.5 Å². The average molecular weight is 427 g/mol. The average Bonchev–Trinajstić information content (AvgIpc) is 3.16. The normalized spacial score (nSPS) is 22.0. The molecule has 0 spiro atoms. The molecule has 2 aliphatic heterocycles. The van der Waals surface area contributed by atoms with Gasteiger partial charge in [0.2, 0.25) is 0 Å². The first-order chi connectivity index (χ1) is 15.9. The van der Waals surface area contributed by atoms with E-state index >= 15 is 0 Å². The number of hydrogen-bond donors (Lipinski definition) is 0. The minimum absolute atomic E-state index is 0.763. The van der Waals surface area contributed by atoms with Crippen molar-refractivity contribution in [2.75, 3.05) is 32.7 Å². The molecule has 5 rings (SSSR count). The minimum atomic E-state index is 0.763. The largest absolute Gasteiger partial charge is 0.303 e. The zero-order chi connectivity index (χ0) is 21.8. The Morgan fingerprint density at radius 2 is 1.19 bits per heavy atom. The van der Waals surface area contributed by atoms with Crippen molar-refractivity contribution in [1.29, 1.82) is 0 Å². The van der Waals surface area contributed by atoms with Crippen LogP contribution in [0.2, 0.25) is 0 Å². The van der Waals surface area contributed by atoms with Crippen molar-refractivity contribution in [1.82, 2.24) is 9.80 Å². The van der Waals surface area contributed by atoms with Crippen LogP contribution in [0.15, 0.2) is 97.1 Å². The molecule has 0 bridgehead atoms. The van der Waals surface area contributed by atoms with Gasteiger partial charge in [0, 0.05) is 19.6 Å². The molecule has 168 valence electrons. The van der Waals surface area contributed by atoms with Crippen molar-refractivity contribution in [3.8, 4) is 0 Å². The van der Waals surface area contributed by atoms with Crippen LogP contribution >= 0.6 is 0 Å². The summed E-state index contributed by atoms with van der Waals surface area (Å²) in [6, 6.07) is 34.1. The Balaban J connectivity index is 0.000000354. The molecule has 3 aromatic rings. The van der Waals surface area contributed by atoms with E-state index in [1.807, 2.05) is 36.4 Å². The zero-order valence-electron chi connectivity index (χ0n) is 19.4. The van der Waals surface area contributed by atoms with Gasteiger partial charge in [-0.3, -0.25) is 4.90 Å². The van der Waals surface area contributed by atoms with Crippen molar-refractivity contribution in [3.63, 3.8) is 0 Å². The van der Waals surface area contributed by atoms with Crippen LogP contribution in [-0.2, 0) is 6.54 Å². The molecule has 2 heteroatoms. The van der Waals surface area contributed by atoms with Crippen molar-refractivity contribution in [2.24, 2.45) is 5.92 Å². The van der Waals surface area contributed by atoms with E-state index in [0.29, 0.717) is 0 Å². The van der Waals surface area contributed by atoms with Gasteiger partial charge in [-0.15, -0.1) is 0 Å². The fourth-order valence-corrected chi connectivity index (χ4v) is 5.19. The molecule has 2 aliphatic rings. The van der Waals surface area contributed by atoms with E-state index in [0.717, 1.165) is 18.4 Å². The highest BCUT2D eigenvalue weighted by Gasteiger charge is 2.26. The van der Waals surface area contributed by atoms with E-state index in [1.54, 1.807) is 5.56 Å². The summed E-state index contributed by atoms with van der Waals surface area (Å²) in [5, 5.41) is 0. The van der Waals surface area contributed by atoms with E-state index in [4.69, 9.17) is 0 Å². The minimum Gasteiger partial charge on any atom is -0.303 e. The fourth-order valence-electron chi connectivity index (χ4n) is 5.19. The third-order valence-corrected chi connectivity index (χ3v) is 6.89. The van der Waals surface area contributed by atoms with Crippen LogP contribution in [0, 0.1) is 5.92 Å². The van der Waals surface area contributed by atoms with Gasteiger partial charge in [-0.1, -0.05) is 97.1 Å². The third kappa shape index (κ3) is 7.32. The second-order valence-electron chi connectivity index (χ2n) is 9.37. The third-order valence-electron chi connectivity index (χ3n) is 6.89. The quantitative estimate of drug-likeness (QED) is 0.462. The van der Waals surface area contributed by atoms with Gasteiger partial charge in [-0.05, 0) is 68.3 Å². The lowest BCUT2D eigenvalue weighted by Crippen LogP contribution is -2.32. The molecule has 0 radical (unpaired) electrons. The molecule has 0 saturated carbocycles. The van der Waals surface area contributed by atoms with Gasteiger partial charge in [0.1, 0.15) is 0 Å². The van der Waals surface area contributed by atoms with Crippen LogP contribution in [0.3, 0.4) is 0 Å². The summed E-state index contributed by atoms with van der Waals surface area (Å²) in [7, 11) is 0. The lowest BCUT2D eigenvalue weighted by atomic mass is 9.92. The summed E-state index contributed by atoms with van der Waals surface area (Å²) in [4.78, 5) is 5.39. The van der Waals surface area contributed by atoms with Gasteiger partial charge in [-0.2, -0.15) is 0 Å². The summed E-state index contributed by atoms with van der Waals surface area (Å²) >= 11 is 0. The van der Waals surface area contributed by atoms with Crippen LogP contribution in [0.25, 0.3) is 0 Å². The fraction of sp³-hybridized carbons (Fsp3) is 0.400. The Morgan fingerprint density at radius 1 is 0.594 bits per heavy atom. The summed E-state index contributed by atoms with van der Waals surface area (Å²) in [6.07, 6.45) is 5.39. The highest BCUT2D eigenvalue weighted by Crippen LogP contribution is 2.29. The smallest absolute Gasteiger partial charge is 0.0233 e. The molecule has 2 saturated heterocycles. The molecule has 2 fully saturated rings. The van der Waals surface area contributed by atoms with Gasteiger partial charge in [0.05, 0.1) is 0 Å². The molecular weight excluding hydrogens is 388 g/mol. The van der Waals surface area contributed by atoms with E-state index in [2.05, 4.69) is 70.5 Å². The first-order valence-electron chi connectivity index (χ1n) is 12.4. The van der Waals surface area contributed by atoms with Crippen molar-refractivity contribution in [2.45, 2.75) is 38.1 Å². The molecule has 2 heterocycles. The van der Waals surface area contributed by atoms with Gasteiger partial charge in [0.15, 0.2) is 0 Å². The second kappa shape index (κ2) is 12.6. The van der Waals surface area contributed by atoms with E-state index in [1.165, 1.54) is 64.0 Å². The molecule has 2 atom stereocenters. The van der Waals surface area contributed by atoms with Crippen LogP contribution in [0.4, 0.5) is 0 Å². The maximum Gasteiger partial charge on any atom is 0.0233 e. The van der Waals surface area contributed by atoms with Gasteiger partial charge in [-0.25, -0.2) is 0 Å². The van der Waals surface area contributed by atoms with E-state index in [-0.39, 0.29) is 0 Å². The Labute approximate surface area is 194 Å². The van der Waals surface area contributed by atoms with Crippen LogP contribution in [0.1, 0.15) is 42.7 Å². The van der Waals surface area contributed by atoms with Gasteiger partial charge in [0.25, 0.3) is 0 Å². The molecular formula is C30H38N2. The van der Waals surface area contributed by atoms with Crippen molar-refractivity contribution in [3.05, 3.63) is 108 Å². The number of rotatable bonds is 5. The number of benzene rings is 3. The Morgan fingerprint density at radius 3 is 1.88 bits per heavy atom. The van der Waals surface area contributed by atoms with E-state index < -0.39 is 0 Å². The topological polar surface area (TPSA) is 6.48 Å². The highest BCUT2D eigenvalue weighted by molar-refractivity contribution is 5.19. The lowest BCUT2D eigenvalue weighted by molar-refractivity contribution is 0.230. The van der Waals surface area contributed by atoms with Crippen LogP contribution in [0.5, 0.6) is 0 Å². The lowest BCUT2D eigenvalue weighted by Gasteiger charge is -2.24. The molecule has 0 aliphatic carbocycles. The van der Waals surface area contributed by atoms with Gasteiger partial charge < -0.3 is 4.90 Å². The number of nitrogens with zero attached hydrogens (tertiary/aromatic N) is 2. The van der Waals surface area contributed by atoms with Gasteiger partial charge >= 0.3 is 0 Å². The molecule has 0 N–H and O–H groups in total. The summed E-state index contributed by atoms with van der Waals surface area (Å²) in [5.41, 5.74) is 3.00. The predicted octanol–water partition coefficient (Wildman–Crippen LogP) is 6.46. The molecule has 1 unspecified atom stereocenters. The molecule has 0 amide bonds. The van der Waals surface area contributed by atoms with Crippen molar-refractivity contribution >= 4 is 0 Å². The summed E-state index contributed by atoms with van der Waals surface area (Å²) in [6.45, 7) is 7.51. The monoisotopic (exact) mass is 426 g/mol. The maximum atomic E-state index is 2.75. The highest BCUT2D eigenvalue weighted by atomic mass is 15.2. The number of hydrogen-bond acceptors (Lipinski definition) is 2. The molecule has 2 nitrogen and oxygen atoms in total. The van der Waals surface area contributed by atoms with Crippen LogP contribution < -0.4 is 0 Å². The Kier molecular flexibility index (Phi) is 8.94. The first kappa shape index (κ1) is 22.8. The maximum absolute atomic E-state index is 2.75. The SMILES string of the molecule is c1ccc(CN2CC[C@@H](CN3CCCC(c4ccccc4)CC3)C2)cc1.c1ccccc1. The van der Waals surface area contributed by atoms with E-state index in [9.17, 15) is 0 Å². The first-order valence-corrected chi connectivity index (χ1v) is 12.4.